The number of hydrogen-bond donors (Lipinski definition) is 1. The van der Waals surface area contributed by atoms with E-state index in [1.807, 2.05) is 66.7 Å². The van der Waals surface area contributed by atoms with Crippen molar-refractivity contribution >= 4 is 34.9 Å². The first kappa shape index (κ1) is 26.8. The van der Waals surface area contributed by atoms with E-state index < -0.39 is 23.3 Å². The van der Waals surface area contributed by atoms with Gasteiger partial charge in [0.25, 0.3) is 5.91 Å². The Hall–Kier alpha value is -4.39. The van der Waals surface area contributed by atoms with Gasteiger partial charge in [-0.2, -0.15) is 0 Å². The first-order valence-electron chi connectivity index (χ1n) is 14.2. The molecule has 2 aliphatic heterocycles. The number of amides is 2. The summed E-state index contributed by atoms with van der Waals surface area (Å²) in [5.41, 5.74) is 2.78. The number of benzene rings is 3. The van der Waals surface area contributed by atoms with Crippen LogP contribution in [0.3, 0.4) is 0 Å². The fraction of sp³-hybridized carbons (Fsp3) is 0.324. The minimum Gasteiger partial charge on any atom is -0.444 e. The number of carbonyl (C=O) groups is 3. The highest BCUT2D eigenvalue weighted by Gasteiger charge is 2.62. The molecule has 41 heavy (non-hydrogen) atoms. The van der Waals surface area contributed by atoms with E-state index in [-0.39, 0.29) is 11.8 Å². The first-order chi connectivity index (χ1) is 19.7. The lowest BCUT2D eigenvalue weighted by Gasteiger charge is -2.44. The van der Waals surface area contributed by atoms with E-state index in [4.69, 9.17) is 9.47 Å². The molecule has 2 heterocycles. The molecule has 0 radical (unpaired) electrons. The number of esters is 1. The number of fused-ring (bicyclic) bond motifs is 4. The fourth-order valence-corrected chi connectivity index (χ4v) is 6.47. The van der Waals surface area contributed by atoms with Crippen molar-refractivity contribution in [1.82, 2.24) is 0 Å². The smallest absolute Gasteiger partial charge is 0.412 e. The largest absolute Gasteiger partial charge is 0.444 e. The van der Waals surface area contributed by atoms with E-state index in [0.717, 1.165) is 35.2 Å². The third-order valence-corrected chi connectivity index (χ3v) is 8.05. The molecule has 3 aromatic rings. The number of carbonyl (C=O) groups excluding carboxylic acids is 3. The average molecular weight is 551 g/mol. The molecular formula is C34H34N2O5. The van der Waals surface area contributed by atoms with Crippen molar-refractivity contribution in [2.45, 2.75) is 64.2 Å². The van der Waals surface area contributed by atoms with Crippen LogP contribution in [0.4, 0.5) is 16.2 Å². The Labute approximate surface area is 240 Å². The van der Waals surface area contributed by atoms with Gasteiger partial charge in [0.05, 0.1) is 23.5 Å². The normalized spacial score (nSPS) is 21.8. The van der Waals surface area contributed by atoms with Gasteiger partial charge in [-0.25, -0.2) is 9.59 Å². The number of para-hydroxylation sites is 2. The quantitative estimate of drug-likeness (QED) is 0.355. The zero-order chi connectivity index (χ0) is 28.8. The zero-order valence-electron chi connectivity index (χ0n) is 23.6. The van der Waals surface area contributed by atoms with Gasteiger partial charge in [-0.15, -0.1) is 0 Å². The van der Waals surface area contributed by atoms with E-state index in [2.05, 4.69) is 5.32 Å². The summed E-state index contributed by atoms with van der Waals surface area (Å²) in [6.45, 7) is 5.78. The average Bonchev–Trinajstić information content (AvgIpc) is 3.17. The molecule has 1 N–H and O–H groups in total. The molecule has 7 nitrogen and oxygen atoms in total. The van der Waals surface area contributed by atoms with Crippen LogP contribution in [0, 0.1) is 5.92 Å². The molecule has 0 saturated heterocycles. The molecule has 2 atom stereocenters. The molecule has 6 rings (SSSR count). The van der Waals surface area contributed by atoms with E-state index in [9.17, 15) is 14.4 Å². The Bertz CT molecular complexity index is 1550. The molecule has 2 amide bonds. The topological polar surface area (TPSA) is 84.9 Å². The number of hydrogen-bond acceptors (Lipinski definition) is 5. The highest BCUT2D eigenvalue weighted by Crippen LogP contribution is 2.57. The number of nitrogens with one attached hydrogen (secondary N) is 1. The van der Waals surface area contributed by atoms with Gasteiger partial charge in [-0.05, 0) is 63.3 Å². The first-order valence-corrected chi connectivity index (χ1v) is 14.2. The van der Waals surface area contributed by atoms with Gasteiger partial charge < -0.3 is 14.4 Å². The standard InChI is InChI=1S/C34H34N2O5/c1-33(2,3)41-32(39)35-27-19-11-8-16-24(27)29-23-15-7-9-17-25(23)34(40-30(29)37)26-18-10-12-20-28(26)36(31(34)38)21-22-13-5-4-6-14-22/h4-6,8,10-14,16,18-20,25H,7,9,15,17,21H2,1-3H3,(H,35,39)/t25-,34+/m1/s1. The monoisotopic (exact) mass is 550 g/mol. The number of nitrogens with zero attached hydrogens (tertiary/aromatic N) is 1. The molecule has 1 aliphatic carbocycles. The van der Waals surface area contributed by atoms with Crippen molar-refractivity contribution in [3.63, 3.8) is 0 Å². The van der Waals surface area contributed by atoms with Gasteiger partial charge in [0, 0.05) is 17.0 Å². The predicted molar refractivity (Wildman–Crippen MR) is 157 cm³/mol. The zero-order valence-corrected chi connectivity index (χ0v) is 23.6. The van der Waals surface area contributed by atoms with Crippen molar-refractivity contribution in [3.05, 3.63) is 101 Å². The second-order valence-electron chi connectivity index (χ2n) is 11.9. The van der Waals surface area contributed by atoms with Crippen LogP contribution in [0.15, 0.2) is 84.4 Å². The summed E-state index contributed by atoms with van der Waals surface area (Å²) in [6, 6.07) is 24.7. The van der Waals surface area contributed by atoms with Gasteiger partial charge in [0.2, 0.25) is 5.60 Å². The van der Waals surface area contributed by atoms with Crippen LogP contribution < -0.4 is 10.2 Å². The van der Waals surface area contributed by atoms with Gasteiger partial charge >= 0.3 is 12.1 Å². The van der Waals surface area contributed by atoms with Crippen LogP contribution in [0.2, 0.25) is 0 Å². The maximum Gasteiger partial charge on any atom is 0.412 e. The van der Waals surface area contributed by atoms with Crippen molar-refractivity contribution in [2.75, 3.05) is 10.2 Å². The molecule has 7 heteroatoms. The van der Waals surface area contributed by atoms with Crippen molar-refractivity contribution in [3.8, 4) is 0 Å². The van der Waals surface area contributed by atoms with Crippen molar-refractivity contribution in [2.24, 2.45) is 5.92 Å². The van der Waals surface area contributed by atoms with Crippen LogP contribution >= 0.6 is 0 Å². The maximum absolute atomic E-state index is 14.5. The maximum atomic E-state index is 14.5. The van der Waals surface area contributed by atoms with E-state index >= 15 is 0 Å². The molecule has 0 unspecified atom stereocenters. The molecular weight excluding hydrogens is 516 g/mol. The van der Waals surface area contributed by atoms with Gasteiger partial charge in [-0.1, -0.05) is 73.2 Å². The van der Waals surface area contributed by atoms with Crippen LogP contribution in [0.1, 0.15) is 63.1 Å². The van der Waals surface area contributed by atoms with Crippen LogP contribution in [0.25, 0.3) is 5.57 Å². The van der Waals surface area contributed by atoms with E-state index in [0.29, 0.717) is 36.2 Å². The SMILES string of the molecule is CC(C)(C)OC(=O)Nc1ccccc1C1=C2CCCC[C@H]2[C@@]2(OC1=O)C(=O)N(Cc1ccccc1)c1ccccc12. The number of rotatable bonds is 4. The Morgan fingerprint density at radius 2 is 1.68 bits per heavy atom. The summed E-state index contributed by atoms with van der Waals surface area (Å²) >= 11 is 0. The third kappa shape index (κ3) is 4.69. The second-order valence-corrected chi connectivity index (χ2v) is 11.9. The molecule has 1 saturated carbocycles. The third-order valence-electron chi connectivity index (χ3n) is 8.05. The summed E-state index contributed by atoms with van der Waals surface area (Å²) in [7, 11) is 0. The molecule has 1 spiro atoms. The highest BCUT2D eigenvalue weighted by molar-refractivity contribution is 6.23. The van der Waals surface area contributed by atoms with Gasteiger partial charge in [0.15, 0.2) is 0 Å². The van der Waals surface area contributed by atoms with Crippen LogP contribution in [-0.4, -0.2) is 23.6 Å². The summed E-state index contributed by atoms with van der Waals surface area (Å²) in [4.78, 5) is 43.0. The lowest BCUT2D eigenvalue weighted by Crippen LogP contribution is -2.52. The van der Waals surface area contributed by atoms with E-state index in [1.54, 1.807) is 37.8 Å². The van der Waals surface area contributed by atoms with Crippen molar-refractivity contribution < 1.29 is 23.9 Å². The fourth-order valence-electron chi connectivity index (χ4n) is 6.47. The summed E-state index contributed by atoms with van der Waals surface area (Å²) in [6.07, 6.45) is 2.61. The Kier molecular flexibility index (Phi) is 6.68. The summed E-state index contributed by atoms with van der Waals surface area (Å²) < 4.78 is 11.9. The second kappa shape index (κ2) is 10.2. The van der Waals surface area contributed by atoms with Gasteiger partial charge in [0.1, 0.15) is 5.60 Å². The molecule has 3 aromatic carbocycles. The van der Waals surface area contributed by atoms with E-state index in [1.165, 1.54) is 0 Å². The molecule has 210 valence electrons. The molecule has 0 bridgehead atoms. The lowest BCUT2D eigenvalue weighted by molar-refractivity contribution is -0.171. The van der Waals surface area contributed by atoms with Gasteiger partial charge in [-0.3, -0.25) is 10.1 Å². The number of ether oxygens (including phenoxy) is 2. The minimum absolute atomic E-state index is 0.209. The van der Waals surface area contributed by atoms with Crippen molar-refractivity contribution in [1.29, 1.82) is 0 Å². The number of anilines is 2. The summed E-state index contributed by atoms with van der Waals surface area (Å²) in [5, 5.41) is 2.82. The molecule has 3 aliphatic rings. The minimum atomic E-state index is -1.42. The Morgan fingerprint density at radius 3 is 2.46 bits per heavy atom. The predicted octanol–water partition coefficient (Wildman–Crippen LogP) is 6.98. The molecule has 0 aromatic heterocycles. The van der Waals surface area contributed by atoms with Crippen LogP contribution in [0.5, 0.6) is 0 Å². The van der Waals surface area contributed by atoms with Crippen LogP contribution in [-0.2, 0) is 31.2 Å². The molecule has 1 fully saturated rings. The lowest BCUT2D eigenvalue weighted by atomic mass is 9.67. The summed E-state index contributed by atoms with van der Waals surface area (Å²) in [5.74, 6) is -1.08. The Balaban J connectivity index is 1.45. The highest BCUT2D eigenvalue weighted by atomic mass is 16.6. The Morgan fingerprint density at radius 1 is 0.976 bits per heavy atom.